The third-order valence-electron chi connectivity index (χ3n) is 3.81. The average molecular weight is 340 g/mol. The van der Waals surface area contributed by atoms with Gasteiger partial charge in [-0.3, -0.25) is 4.79 Å². The fraction of sp³-hybridized carbons (Fsp3) is 0.533. The van der Waals surface area contributed by atoms with Gasteiger partial charge in [0, 0.05) is 10.9 Å². The molecule has 1 amide bonds. The van der Waals surface area contributed by atoms with E-state index in [-0.39, 0.29) is 11.9 Å². The number of halogens is 1. The van der Waals surface area contributed by atoms with E-state index in [0.717, 1.165) is 12.8 Å². The van der Waals surface area contributed by atoms with E-state index in [0.29, 0.717) is 35.1 Å². The zero-order valence-corrected chi connectivity index (χ0v) is 12.8. The Morgan fingerprint density at radius 2 is 2.00 bits per heavy atom. The standard InChI is InChI=1S/C15H18BrNO3/c16-11-5-1-2-6-12(11)17-15(18)10-4-3-7-13-14(10)20-9-8-19-13/h3-4,7,11-12H,1-2,5-6,8-9H2,(H,17,18). The first-order valence-electron chi connectivity index (χ1n) is 7.09. The lowest BCUT2D eigenvalue weighted by atomic mass is 9.95. The maximum absolute atomic E-state index is 12.5. The maximum atomic E-state index is 12.5. The number of rotatable bonds is 2. The lowest BCUT2D eigenvalue weighted by Crippen LogP contribution is -2.42. The van der Waals surface area contributed by atoms with Crippen molar-refractivity contribution in [2.45, 2.75) is 36.6 Å². The molecule has 4 nitrogen and oxygen atoms in total. The summed E-state index contributed by atoms with van der Waals surface area (Å²) >= 11 is 3.66. The predicted molar refractivity (Wildman–Crippen MR) is 79.9 cm³/mol. The van der Waals surface area contributed by atoms with Gasteiger partial charge >= 0.3 is 0 Å². The molecular weight excluding hydrogens is 322 g/mol. The number of hydrogen-bond acceptors (Lipinski definition) is 3. The number of hydrogen-bond donors (Lipinski definition) is 1. The van der Waals surface area contributed by atoms with Crippen molar-refractivity contribution in [3.8, 4) is 11.5 Å². The second kappa shape index (κ2) is 6.04. The first-order valence-corrected chi connectivity index (χ1v) is 8.01. The van der Waals surface area contributed by atoms with Crippen molar-refractivity contribution in [1.29, 1.82) is 0 Å². The van der Waals surface area contributed by atoms with Gasteiger partial charge < -0.3 is 14.8 Å². The Kier molecular flexibility index (Phi) is 4.15. The SMILES string of the molecule is O=C(NC1CCCCC1Br)c1cccc2c1OCCO2. The molecule has 1 fully saturated rings. The Balaban J connectivity index is 1.77. The van der Waals surface area contributed by atoms with Gasteiger partial charge in [-0.25, -0.2) is 0 Å². The Bertz CT molecular complexity index is 506. The van der Waals surface area contributed by atoms with Gasteiger partial charge in [0.15, 0.2) is 11.5 Å². The van der Waals surface area contributed by atoms with Crippen LogP contribution in [-0.2, 0) is 0 Å². The van der Waals surface area contributed by atoms with Gasteiger partial charge in [-0.1, -0.05) is 34.8 Å². The molecule has 0 spiro atoms. The van der Waals surface area contributed by atoms with E-state index in [2.05, 4.69) is 21.2 Å². The van der Waals surface area contributed by atoms with Crippen LogP contribution in [0, 0.1) is 0 Å². The molecule has 0 aromatic heterocycles. The quantitative estimate of drug-likeness (QED) is 0.842. The number of ether oxygens (including phenoxy) is 2. The van der Waals surface area contributed by atoms with Gasteiger partial charge in [-0.05, 0) is 25.0 Å². The van der Waals surface area contributed by atoms with Crippen molar-refractivity contribution in [3.63, 3.8) is 0 Å². The molecule has 2 aliphatic rings. The molecule has 2 atom stereocenters. The van der Waals surface area contributed by atoms with Gasteiger partial charge in [0.25, 0.3) is 5.91 Å². The molecule has 108 valence electrons. The summed E-state index contributed by atoms with van der Waals surface area (Å²) in [5.41, 5.74) is 0.562. The van der Waals surface area contributed by atoms with Crippen LogP contribution >= 0.6 is 15.9 Å². The second-order valence-electron chi connectivity index (χ2n) is 5.21. The monoisotopic (exact) mass is 339 g/mol. The van der Waals surface area contributed by atoms with Crippen LogP contribution in [0.2, 0.25) is 0 Å². The first kappa shape index (κ1) is 13.7. The molecule has 1 N–H and O–H groups in total. The number of amides is 1. The second-order valence-corrected chi connectivity index (χ2v) is 6.39. The highest BCUT2D eigenvalue weighted by Crippen LogP contribution is 2.34. The number of carbonyl (C=O) groups is 1. The van der Waals surface area contributed by atoms with Crippen LogP contribution in [0.1, 0.15) is 36.0 Å². The topological polar surface area (TPSA) is 47.6 Å². The van der Waals surface area contributed by atoms with Gasteiger partial charge in [-0.15, -0.1) is 0 Å². The molecule has 0 saturated heterocycles. The van der Waals surface area contributed by atoms with Gasteiger partial charge in [0.1, 0.15) is 13.2 Å². The van der Waals surface area contributed by atoms with Crippen LogP contribution in [0.5, 0.6) is 11.5 Å². The van der Waals surface area contributed by atoms with Crippen LogP contribution in [0.25, 0.3) is 0 Å². The number of fused-ring (bicyclic) bond motifs is 1. The van der Waals surface area contributed by atoms with Crippen molar-refractivity contribution in [1.82, 2.24) is 5.32 Å². The van der Waals surface area contributed by atoms with Gasteiger partial charge in [0.05, 0.1) is 5.56 Å². The van der Waals surface area contributed by atoms with Crippen LogP contribution in [0.4, 0.5) is 0 Å². The Labute approximate surface area is 127 Å². The van der Waals surface area contributed by atoms with Crippen molar-refractivity contribution in [2.24, 2.45) is 0 Å². The van der Waals surface area contributed by atoms with Crippen LogP contribution in [0.3, 0.4) is 0 Å². The molecule has 20 heavy (non-hydrogen) atoms. The summed E-state index contributed by atoms with van der Waals surface area (Å²) in [6, 6.07) is 5.64. The van der Waals surface area contributed by atoms with Gasteiger partial charge in [0.2, 0.25) is 0 Å². The smallest absolute Gasteiger partial charge is 0.255 e. The summed E-state index contributed by atoms with van der Waals surface area (Å²) < 4.78 is 11.1. The molecule has 3 rings (SSSR count). The van der Waals surface area contributed by atoms with Crippen LogP contribution < -0.4 is 14.8 Å². The highest BCUT2D eigenvalue weighted by atomic mass is 79.9. The van der Waals surface area contributed by atoms with E-state index in [4.69, 9.17) is 9.47 Å². The summed E-state index contributed by atoms with van der Waals surface area (Å²) in [5, 5.41) is 3.11. The number of alkyl halides is 1. The predicted octanol–water partition coefficient (Wildman–Crippen LogP) is 2.89. The zero-order chi connectivity index (χ0) is 13.9. The minimum Gasteiger partial charge on any atom is -0.486 e. The van der Waals surface area contributed by atoms with E-state index >= 15 is 0 Å². The minimum atomic E-state index is -0.0799. The molecule has 5 heteroatoms. The fourth-order valence-electron chi connectivity index (χ4n) is 2.75. The Morgan fingerprint density at radius 3 is 2.85 bits per heavy atom. The third-order valence-corrected chi connectivity index (χ3v) is 4.90. The highest BCUT2D eigenvalue weighted by Gasteiger charge is 2.27. The summed E-state index contributed by atoms with van der Waals surface area (Å²) in [4.78, 5) is 12.8. The molecule has 1 aliphatic carbocycles. The van der Waals surface area contributed by atoms with E-state index < -0.39 is 0 Å². The molecule has 1 aliphatic heterocycles. The third kappa shape index (κ3) is 2.77. The van der Waals surface area contributed by atoms with Crippen LogP contribution in [-0.4, -0.2) is 30.0 Å². The molecule has 1 saturated carbocycles. The highest BCUT2D eigenvalue weighted by molar-refractivity contribution is 9.09. The maximum Gasteiger partial charge on any atom is 0.255 e. The van der Waals surface area contributed by atoms with E-state index in [9.17, 15) is 4.79 Å². The Hall–Kier alpha value is -1.23. The van der Waals surface area contributed by atoms with Crippen LogP contribution in [0.15, 0.2) is 18.2 Å². The number of nitrogens with one attached hydrogen (secondary N) is 1. The lowest BCUT2D eigenvalue weighted by Gasteiger charge is -2.28. The summed E-state index contributed by atoms with van der Waals surface area (Å²) in [6.45, 7) is 1.02. The molecule has 2 unspecified atom stereocenters. The molecule has 1 aromatic rings. The van der Waals surface area contributed by atoms with Crippen molar-refractivity contribution in [3.05, 3.63) is 23.8 Å². The lowest BCUT2D eigenvalue weighted by molar-refractivity contribution is 0.0919. The van der Waals surface area contributed by atoms with Gasteiger partial charge in [-0.2, -0.15) is 0 Å². The largest absolute Gasteiger partial charge is 0.486 e. The zero-order valence-electron chi connectivity index (χ0n) is 11.2. The fourth-order valence-corrected chi connectivity index (χ4v) is 3.47. The molecule has 1 heterocycles. The van der Waals surface area contributed by atoms with Crippen molar-refractivity contribution in [2.75, 3.05) is 13.2 Å². The van der Waals surface area contributed by atoms with E-state index in [1.807, 2.05) is 12.1 Å². The summed E-state index contributed by atoms with van der Waals surface area (Å²) in [5.74, 6) is 1.14. The van der Waals surface area contributed by atoms with E-state index in [1.54, 1.807) is 6.07 Å². The summed E-state index contributed by atoms with van der Waals surface area (Å²) in [6.07, 6.45) is 4.52. The summed E-state index contributed by atoms with van der Waals surface area (Å²) in [7, 11) is 0. The molecule has 1 aromatic carbocycles. The average Bonchev–Trinajstić information content (AvgIpc) is 2.49. The first-order chi connectivity index (χ1) is 9.75. The number of carbonyl (C=O) groups excluding carboxylic acids is 1. The Morgan fingerprint density at radius 1 is 1.20 bits per heavy atom. The normalized spacial score (nSPS) is 25.1. The van der Waals surface area contributed by atoms with Crippen molar-refractivity contribution < 1.29 is 14.3 Å². The minimum absolute atomic E-state index is 0.0799. The number of benzene rings is 1. The molecular formula is C15H18BrNO3. The molecule has 0 radical (unpaired) electrons. The van der Waals surface area contributed by atoms with Crippen molar-refractivity contribution >= 4 is 21.8 Å². The number of para-hydroxylation sites is 1. The molecule has 0 bridgehead atoms. The van der Waals surface area contributed by atoms with E-state index in [1.165, 1.54) is 12.8 Å².